The van der Waals surface area contributed by atoms with Crippen LogP contribution < -0.4 is 16.0 Å². The van der Waals surface area contributed by atoms with Crippen LogP contribution in [0.1, 0.15) is 37.0 Å². The smallest absolute Gasteiger partial charge is 0.265 e. The minimum absolute atomic E-state index is 0.293. The van der Waals surface area contributed by atoms with E-state index in [1.807, 2.05) is 0 Å². The monoisotopic (exact) mass is 291 g/mol. The van der Waals surface area contributed by atoms with Gasteiger partial charge in [0, 0.05) is 24.7 Å². The normalized spacial score (nSPS) is 14.5. The second-order valence-electron chi connectivity index (χ2n) is 5.97. The molecule has 0 aliphatic heterocycles. The van der Waals surface area contributed by atoms with Gasteiger partial charge >= 0.3 is 0 Å². The maximum atomic E-state index is 11.3. The first kappa shape index (κ1) is 15.8. The Morgan fingerprint density at radius 3 is 2.57 bits per heavy atom. The van der Waals surface area contributed by atoms with E-state index in [-0.39, 0.29) is 5.91 Å². The van der Waals surface area contributed by atoms with Crippen molar-refractivity contribution >= 4 is 5.91 Å². The zero-order valence-corrected chi connectivity index (χ0v) is 12.8. The molecule has 0 atom stereocenters. The quantitative estimate of drug-likeness (QED) is 0.435. The van der Waals surface area contributed by atoms with Crippen LogP contribution in [0.15, 0.2) is 24.3 Å². The molecular weight excluding hydrogens is 266 g/mol. The van der Waals surface area contributed by atoms with Crippen LogP contribution in [0.2, 0.25) is 0 Å². The Kier molecular flexibility index (Phi) is 5.59. The minimum atomic E-state index is -0.293. The average Bonchev–Trinajstić information content (AvgIpc) is 3.30. The third-order valence-electron chi connectivity index (χ3n) is 3.56. The number of nitrogens with zero attached hydrogens (tertiary/aromatic N) is 1. The fourth-order valence-corrected chi connectivity index (χ4v) is 2.40. The van der Waals surface area contributed by atoms with E-state index in [0.29, 0.717) is 18.1 Å². The summed E-state index contributed by atoms with van der Waals surface area (Å²) in [5.74, 6) is 6.26. The molecule has 1 aromatic rings. The number of carbonyl (C=O) groups is 1. The van der Waals surface area contributed by atoms with Gasteiger partial charge in [0.2, 0.25) is 0 Å². The molecule has 5 nitrogen and oxygen atoms in total. The second-order valence-corrected chi connectivity index (χ2v) is 5.97. The van der Waals surface area contributed by atoms with Crippen LogP contribution in [0, 0.1) is 5.92 Å². The lowest BCUT2D eigenvalue weighted by atomic mass is 10.2. The Morgan fingerprint density at radius 2 is 2.05 bits per heavy atom. The fraction of sp³-hybridized carbons (Fsp3) is 0.562. The van der Waals surface area contributed by atoms with Crippen LogP contribution in [-0.2, 0) is 0 Å². The van der Waals surface area contributed by atoms with E-state index in [2.05, 4.69) is 24.2 Å². The standard InChI is InChI=1S/C16H25N3O2/c1-12(2)11-19(14-5-6-14)9-10-21-15-7-3-13(4-8-15)16(20)18-17/h3-4,7-8,12,14H,5-6,9-11,17H2,1-2H3,(H,18,20). The molecule has 0 heterocycles. The highest BCUT2D eigenvalue weighted by Gasteiger charge is 2.28. The molecule has 1 fully saturated rings. The SMILES string of the molecule is CC(C)CN(CCOc1ccc(C(=O)NN)cc1)C1CC1. The average molecular weight is 291 g/mol. The van der Waals surface area contributed by atoms with Crippen molar-refractivity contribution in [1.29, 1.82) is 0 Å². The molecule has 3 N–H and O–H groups in total. The molecule has 116 valence electrons. The predicted octanol–water partition coefficient (Wildman–Crippen LogP) is 1.79. The van der Waals surface area contributed by atoms with E-state index in [1.54, 1.807) is 24.3 Å². The van der Waals surface area contributed by atoms with E-state index in [1.165, 1.54) is 12.8 Å². The van der Waals surface area contributed by atoms with E-state index in [0.717, 1.165) is 24.9 Å². The number of amides is 1. The number of nitrogens with one attached hydrogen (secondary N) is 1. The predicted molar refractivity (Wildman–Crippen MR) is 83.0 cm³/mol. The van der Waals surface area contributed by atoms with Gasteiger partial charge in [-0.2, -0.15) is 0 Å². The van der Waals surface area contributed by atoms with E-state index < -0.39 is 0 Å². The van der Waals surface area contributed by atoms with E-state index in [9.17, 15) is 4.79 Å². The van der Waals surface area contributed by atoms with Crippen LogP contribution in [0.3, 0.4) is 0 Å². The highest BCUT2D eigenvalue weighted by molar-refractivity contribution is 5.93. The molecule has 0 unspecified atom stereocenters. The Morgan fingerprint density at radius 1 is 1.38 bits per heavy atom. The van der Waals surface area contributed by atoms with Gasteiger partial charge < -0.3 is 4.74 Å². The van der Waals surface area contributed by atoms with Crippen LogP contribution >= 0.6 is 0 Å². The number of hydrogen-bond donors (Lipinski definition) is 2. The third kappa shape index (κ3) is 5.02. The van der Waals surface area contributed by atoms with Gasteiger partial charge in [0.1, 0.15) is 12.4 Å². The number of nitrogens with two attached hydrogens (primary N) is 1. The Labute approximate surface area is 126 Å². The lowest BCUT2D eigenvalue weighted by Gasteiger charge is -2.23. The van der Waals surface area contributed by atoms with Gasteiger partial charge in [-0.3, -0.25) is 15.1 Å². The van der Waals surface area contributed by atoms with Gasteiger partial charge in [-0.1, -0.05) is 13.8 Å². The Bertz CT molecular complexity index is 455. The Hall–Kier alpha value is -1.59. The summed E-state index contributed by atoms with van der Waals surface area (Å²) in [7, 11) is 0. The van der Waals surface area contributed by atoms with Gasteiger partial charge in [-0.15, -0.1) is 0 Å². The molecule has 1 aliphatic carbocycles. The van der Waals surface area contributed by atoms with Crippen molar-refractivity contribution in [3.63, 3.8) is 0 Å². The second kappa shape index (κ2) is 7.43. The molecule has 2 rings (SSSR count). The van der Waals surface area contributed by atoms with Crippen molar-refractivity contribution in [2.45, 2.75) is 32.7 Å². The summed E-state index contributed by atoms with van der Waals surface area (Å²) in [6.07, 6.45) is 2.63. The zero-order valence-electron chi connectivity index (χ0n) is 12.8. The molecule has 0 spiro atoms. The number of hydrogen-bond acceptors (Lipinski definition) is 4. The number of benzene rings is 1. The summed E-state index contributed by atoms with van der Waals surface area (Å²) >= 11 is 0. The first-order valence-electron chi connectivity index (χ1n) is 7.58. The number of hydrazine groups is 1. The van der Waals surface area contributed by atoms with Crippen molar-refractivity contribution in [3.8, 4) is 5.75 Å². The van der Waals surface area contributed by atoms with Gasteiger partial charge in [-0.25, -0.2) is 5.84 Å². The third-order valence-corrected chi connectivity index (χ3v) is 3.56. The largest absolute Gasteiger partial charge is 0.492 e. The molecular formula is C16H25N3O2. The van der Waals surface area contributed by atoms with Gasteiger partial charge in [-0.05, 0) is 43.0 Å². The van der Waals surface area contributed by atoms with E-state index >= 15 is 0 Å². The summed E-state index contributed by atoms with van der Waals surface area (Å²) in [6, 6.07) is 7.78. The van der Waals surface area contributed by atoms with Gasteiger partial charge in [0.05, 0.1) is 0 Å². The molecule has 0 aromatic heterocycles. The summed E-state index contributed by atoms with van der Waals surface area (Å²) < 4.78 is 5.76. The first-order chi connectivity index (χ1) is 10.1. The lowest BCUT2D eigenvalue weighted by Crippen LogP contribution is -2.33. The van der Waals surface area contributed by atoms with Gasteiger partial charge in [0.15, 0.2) is 0 Å². The van der Waals surface area contributed by atoms with Crippen molar-refractivity contribution in [2.24, 2.45) is 11.8 Å². The zero-order chi connectivity index (χ0) is 15.2. The van der Waals surface area contributed by atoms with Crippen LogP contribution in [-0.4, -0.2) is 36.5 Å². The van der Waals surface area contributed by atoms with Gasteiger partial charge in [0.25, 0.3) is 5.91 Å². The molecule has 1 aliphatic rings. The topological polar surface area (TPSA) is 67.6 Å². The first-order valence-corrected chi connectivity index (χ1v) is 7.58. The number of rotatable bonds is 8. The molecule has 0 saturated heterocycles. The lowest BCUT2D eigenvalue weighted by molar-refractivity contribution is 0.0953. The molecule has 0 radical (unpaired) electrons. The van der Waals surface area contributed by atoms with Crippen LogP contribution in [0.5, 0.6) is 5.75 Å². The minimum Gasteiger partial charge on any atom is -0.492 e. The molecule has 1 amide bonds. The summed E-state index contributed by atoms with van der Waals surface area (Å²) in [5.41, 5.74) is 2.64. The summed E-state index contributed by atoms with van der Waals surface area (Å²) in [4.78, 5) is 13.8. The molecule has 1 aromatic carbocycles. The Balaban J connectivity index is 1.78. The molecule has 21 heavy (non-hydrogen) atoms. The maximum absolute atomic E-state index is 11.3. The number of ether oxygens (including phenoxy) is 1. The molecule has 5 heteroatoms. The fourth-order valence-electron chi connectivity index (χ4n) is 2.40. The highest BCUT2D eigenvalue weighted by Crippen LogP contribution is 2.27. The number of carbonyl (C=O) groups excluding carboxylic acids is 1. The van der Waals surface area contributed by atoms with Crippen molar-refractivity contribution in [1.82, 2.24) is 10.3 Å². The highest BCUT2D eigenvalue weighted by atomic mass is 16.5. The van der Waals surface area contributed by atoms with E-state index in [4.69, 9.17) is 10.6 Å². The maximum Gasteiger partial charge on any atom is 0.265 e. The summed E-state index contributed by atoms with van der Waals surface area (Å²) in [5, 5.41) is 0. The van der Waals surface area contributed by atoms with Crippen molar-refractivity contribution in [2.75, 3.05) is 19.7 Å². The number of nitrogen functional groups attached to an aromatic ring is 1. The summed E-state index contributed by atoms with van der Waals surface area (Å²) in [6.45, 7) is 7.25. The molecule has 0 bridgehead atoms. The van der Waals surface area contributed by atoms with Crippen LogP contribution in [0.25, 0.3) is 0 Å². The molecule has 1 saturated carbocycles. The van der Waals surface area contributed by atoms with Crippen LogP contribution in [0.4, 0.5) is 0 Å². The van der Waals surface area contributed by atoms with Crippen molar-refractivity contribution < 1.29 is 9.53 Å². The van der Waals surface area contributed by atoms with Crippen molar-refractivity contribution in [3.05, 3.63) is 29.8 Å².